The zero-order valence-corrected chi connectivity index (χ0v) is 10.5. The molecule has 92 valence electrons. The fourth-order valence-electron chi connectivity index (χ4n) is 2.21. The summed E-state index contributed by atoms with van der Waals surface area (Å²) in [4.78, 5) is 0. The van der Waals surface area contributed by atoms with E-state index in [-0.39, 0.29) is 6.04 Å². The number of nitrogens with two attached hydrogens (primary N) is 1. The molecule has 2 nitrogen and oxygen atoms in total. The van der Waals surface area contributed by atoms with Gasteiger partial charge in [0.1, 0.15) is 5.75 Å². The van der Waals surface area contributed by atoms with E-state index in [1.165, 1.54) is 18.4 Å². The summed E-state index contributed by atoms with van der Waals surface area (Å²) in [6.45, 7) is 2.88. The standard InChI is InChI=1S/C15H21NO/c1-2-10-17-14-9-5-8-13(11-14)15(16)12-6-3-4-7-12/h5-6,8-9,11,15H,2-4,7,10,16H2,1H3. The highest BCUT2D eigenvalue weighted by molar-refractivity contribution is 5.35. The van der Waals surface area contributed by atoms with E-state index in [1.54, 1.807) is 0 Å². The Morgan fingerprint density at radius 2 is 2.29 bits per heavy atom. The molecule has 2 N–H and O–H groups in total. The molecule has 1 aromatic rings. The van der Waals surface area contributed by atoms with Crippen molar-refractivity contribution < 1.29 is 4.74 Å². The molecule has 2 rings (SSSR count). The molecule has 2 heteroatoms. The van der Waals surface area contributed by atoms with E-state index in [1.807, 2.05) is 12.1 Å². The zero-order valence-electron chi connectivity index (χ0n) is 10.5. The van der Waals surface area contributed by atoms with Crippen molar-refractivity contribution in [3.63, 3.8) is 0 Å². The van der Waals surface area contributed by atoms with Gasteiger partial charge < -0.3 is 10.5 Å². The molecule has 0 radical (unpaired) electrons. The first-order valence-corrected chi connectivity index (χ1v) is 6.48. The van der Waals surface area contributed by atoms with Gasteiger partial charge in [0.25, 0.3) is 0 Å². The first-order valence-electron chi connectivity index (χ1n) is 6.48. The zero-order chi connectivity index (χ0) is 12.1. The van der Waals surface area contributed by atoms with E-state index in [9.17, 15) is 0 Å². The van der Waals surface area contributed by atoms with E-state index >= 15 is 0 Å². The number of ether oxygens (including phenoxy) is 1. The third-order valence-corrected chi connectivity index (χ3v) is 3.17. The summed E-state index contributed by atoms with van der Waals surface area (Å²) >= 11 is 0. The first kappa shape index (κ1) is 12.2. The highest BCUT2D eigenvalue weighted by Gasteiger charge is 2.15. The van der Waals surface area contributed by atoms with Crippen LogP contribution in [0.3, 0.4) is 0 Å². The van der Waals surface area contributed by atoms with Crippen molar-refractivity contribution in [2.24, 2.45) is 5.73 Å². The van der Waals surface area contributed by atoms with Crippen molar-refractivity contribution in [3.8, 4) is 5.75 Å². The summed E-state index contributed by atoms with van der Waals surface area (Å²) in [6.07, 6.45) is 6.87. The van der Waals surface area contributed by atoms with Crippen LogP contribution in [0.15, 0.2) is 35.9 Å². The molecule has 1 aromatic carbocycles. The minimum absolute atomic E-state index is 0.0441. The van der Waals surface area contributed by atoms with Gasteiger partial charge in [0.15, 0.2) is 0 Å². The minimum Gasteiger partial charge on any atom is -0.494 e. The highest BCUT2D eigenvalue weighted by atomic mass is 16.5. The normalized spacial score (nSPS) is 16.7. The van der Waals surface area contributed by atoms with E-state index in [4.69, 9.17) is 10.5 Å². The smallest absolute Gasteiger partial charge is 0.119 e. The molecule has 0 aliphatic heterocycles. The van der Waals surface area contributed by atoms with E-state index < -0.39 is 0 Å². The number of rotatable bonds is 5. The van der Waals surface area contributed by atoms with Crippen molar-refractivity contribution in [2.45, 2.75) is 38.6 Å². The molecule has 0 heterocycles. The van der Waals surface area contributed by atoms with E-state index in [0.717, 1.165) is 30.8 Å². The quantitative estimate of drug-likeness (QED) is 0.786. The number of hydrogen-bond acceptors (Lipinski definition) is 2. The van der Waals surface area contributed by atoms with Gasteiger partial charge in [-0.3, -0.25) is 0 Å². The molecule has 0 amide bonds. The Morgan fingerprint density at radius 3 is 3.00 bits per heavy atom. The van der Waals surface area contributed by atoms with Gasteiger partial charge in [-0.2, -0.15) is 0 Å². The number of hydrogen-bond donors (Lipinski definition) is 1. The van der Waals surface area contributed by atoms with Gasteiger partial charge in [0, 0.05) is 0 Å². The number of allylic oxidation sites excluding steroid dienone is 1. The van der Waals surface area contributed by atoms with Crippen LogP contribution < -0.4 is 10.5 Å². The third-order valence-electron chi connectivity index (χ3n) is 3.17. The van der Waals surface area contributed by atoms with Crippen molar-refractivity contribution in [3.05, 3.63) is 41.5 Å². The lowest BCUT2D eigenvalue weighted by atomic mass is 9.99. The molecule has 0 aromatic heterocycles. The van der Waals surface area contributed by atoms with Gasteiger partial charge in [-0.15, -0.1) is 0 Å². The summed E-state index contributed by atoms with van der Waals surface area (Å²) in [5, 5.41) is 0. The average molecular weight is 231 g/mol. The minimum atomic E-state index is 0.0441. The van der Waals surface area contributed by atoms with Crippen LogP contribution in [0.25, 0.3) is 0 Å². The second-order valence-corrected chi connectivity index (χ2v) is 4.57. The lowest BCUT2D eigenvalue weighted by Crippen LogP contribution is -2.12. The fraction of sp³-hybridized carbons (Fsp3) is 0.467. The molecule has 1 aliphatic carbocycles. The maximum atomic E-state index is 6.27. The predicted octanol–water partition coefficient (Wildman–Crippen LogP) is 3.59. The van der Waals surface area contributed by atoms with Crippen molar-refractivity contribution >= 4 is 0 Å². The van der Waals surface area contributed by atoms with Crippen LogP contribution in [0.1, 0.15) is 44.2 Å². The van der Waals surface area contributed by atoms with Gasteiger partial charge in [-0.1, -0.05) is 30.7 Å². The summed E-state index contributed by atoms with van der Waals surface area (Å²) < 4.78 is 5.63. The number of benzene rings is 1. The monoisotopic (exact) mass is 231 g/mol. The van der Waals surface area contributed by atoms with Gasteiger partial charge >= 0.3 is 0 Å². The van der Waals surface area contributed by atoms with Gasteiger partial charge in [-0.25, -0.2) is 0 Å². The van der Waals surface area contributed by atoms with Crippen LogP contribution in [0.5, 0.6) is 5.75 Å². The summed E-state index contributed by atoms with van der Waals surface area (Å²) in [7, 11) is 0. The Bertz CT molecular complexity index is 398. The van der Waals surface area contributed by atoms with Crippen molar-refractivity contribution in [1.29, 1.82) is 0 Å². The van der Waals surface area contributed by atoms with Gasteiger partial charge in [-0.05, 0) is 43.4 Å². The molecule has 0 bridgehead atoms. The maximum absolute atomic E-state index is 6.27. The fourth-order valence-corrected chi connectivity index (χ4v) is 2.21. The van der Waals surface area contributed by atoms with Crippen LogP contribution >= 0.6 is 0 Å². The topological polar surface area (TPSA) is 35.2 Å². The molecule has 0 spiro atoms. The Balaban J connectivity index is 2.09. The SMILES string of the molecule is CCCOc1cccc(C(N)C2=CCCC2)c1. The van der Waals surface area contributed by atoms with Crippen LogP contribution in [-0.4, -0.2) is 6.61 Å². The molecule has 1 unspecified atom stereocenters. The van der Waals surface area contributed by atoms with Gasteiger partial charge in [0.2, 0.25) is 0 Å². The molecule has 0 fully saturated rings. The molecule has 0 saturated carbocycles. The average Bonchev–Trinajstić information content (AvgIpc) is 2.89. The van der Waals surface area contributed by atoms with E-state index in [2.05, 4.69) is 25.1 Å². The van der Waals surface area contributed by atoms with Crippen LogP contribution in [0.4, 0.5) is 0 Å². The predicted molar refractivity (Wildman–Crippen MR) is 71.1 cm³/mol. The van der Waals surface area contributed by atoms with Crippen molar-refractivity contribution in [2.75, 3.05) is 6.61 Å². The highest BCUT2D eigenvalue weighted by Crippen LogP contribution is 2.30. The summed E-state index contributed by atoms with van der Waals surface area (Å²) in [6, 6.07) is 8.22. The molecule has 1 aliphatic rings. The largest absolute Gasteiger partial charge is 0.494 e. The first-order chi connectivity index (χ1) is 8.31. The Morgan fingerprint density at radius 1 is 1.41 bits per heavy atom. The third kappa shape index (κ3) is 3.10. The summed E-state index contributed by atoms with van der Waals surface area (Å²) in [5.74, 6) is 0.929. The Kier molecular flexibility index (Phi) is 4.21. The Hall–Kier alpha value is -1.28. The van der Waals surface area contributed by atoms with Crippen LogP contribution in [-0.2, 0) is 0 Å². The molecular weight excluding hydrogens is 210 g/mol. The lowest BCUT2D eigenvalue weighted by Gasteiger charge is -2.15. The van der Waals surface area contributed by atoms with Crippen LogP contribution in [0, 0.1) is 0 Å². The van der Waals surface area contributed by atoms with E-state index in [0.29, 0.717) is 0 Å². The molecular formula is C15H21NO. The Labute approximate surface area is 103 Å². The van der Waals surface area contributed by atoms with Crippen LogP contribution in [0.2, 0.25) is 0 Å². The second kappa shape index (κ2) is 5.87. The maximum Gasteiger partial charge on any atom is 0.119 e. The van der Waals surface area contributed by atoms with Crippen molar-refractivity contribution in [1.82, 2.24) is 0 Å². The molecule has 1 atom stereocenters. The molecule has 0 saturated heterocycles. The summed E-state index contributed by atoms with van der Waals surface area (Å²) in [5.41, 5.74) is 8.81. The lowest BCUT2D eigenvalue weighted by molar-refractivity contribution is 0.317. The second-order valence-electron chi connectivity index (χ2n) is 4.57. The van der Waals surface area contributed by atoms with Gasteiger partial charge in [0.05, 0.1) is 12.6 Å². The molecule has 17 heavy (non-hydrogen) atoms.